The molecule has 2 aromatic carbocycles. The Morgan fingerprint density at radius 2 is 1.71 bits per heavy atom. The van der Waals surface area contributed by atoms with Crippen molar-refractivity contribution in [2.45, 2.75) is 52.1 Å². The second-order valence-electron chi connectivity index (χ2n) is 8.73. The Hall–Kier alpha value is -3.26. The molecule has 0 bridgehead atoms. The number of carbonyl (C=O) groups excluding carboxylic acids is 2. The standard InChI is InChI=1S/C26H36N2O6/c1-26(2,3)34-24(29)14-10-7-11-17-28(20-12-8-6-9-13-20)25(30)27-22-18-21(32-5)15-16-23(22)33-19-31-4/h6,8-9,12-13,15-16,18H,7,10-11,14,17,19H2,1-5H3,(H,27,30). The number of hydrogen-bond donors (Lipinski definition) is 1. The molecule has 186 valence electrons. The number of hydrogen-bond acceptors (Lipinski definition) is 6. The first-order valence-electron chi connectivity index (χ1n) is 11.4. The predicted octanol–water partition coefficient (Wildman–Crippen LogP) is 5.62. The molecule has 1 N–H and O–H groups in total. The zero-order valence-electron chi connectivity index (χ0n) is 20.8. The molecule has 0 saturated carbocycles. The van der Waals surface area contributed by atoms with Gasteiger partial charge in [0.2, 0.25) is 0 Å². The van der Waals surface area contributed by atoms with Gasteiger partial charge in [0.15, 0.2) is 6.79 Å². The fourth-order valence-corrected chi connectivity index (χ4v) is 3.23. The number of unbranched alkanes of at least 4 members (excludes halogenated alkanes) is 2. The van der Waals surface area contributed by atoms with Crippen molar-refractivity contribution in [1.29, 1.82) is 0 Å². The van der Waals surface area contributed by atoms with Crippen LogP contribution in [0.5, 0.6) is 11.5 Å². The lowest BCUT2D eigenvalue weighted by Crippen LogP contribution is -2.36. The highest BCUT2D eigenvalue weighted by molar-refractivity contribution is 6.02. The highest BCUT2D eigenvalue weighted by Crippen LogP contribution is 2.30. The number of esters is 1. The predicted molar refractivity (Wildman–Crippen MR) is 133 cm³/mol. The smallest absolute Gasteiger partial charge is 0.326 e. The van der Waals surface area contributed by atoms with Gasteiger partial charge in [0.05, 0.1) is 12.8 Å². The summed E-state index contributed by atoms with van der Waals surface area (Å²) in [6.07, 6.45) is 2.58. The van der Waals surface area contributed by atoms with E-state index in [0.717, 1.165) is 18.5 Å². The molecular formula is C26H36N2O6. The van der Waals surface area contributed by atoms with Gasteiger partial charge in [-0.15, -0.1) is 0 Å². The van der Waals surface area contributed by atoms with E-state index in [1.165, 1.54) is 7.11 Å². The van der Waals surface area contributed by atoms with Crippen LogP contribution in [0.4, 0.5) is 16.2 Å². The zero-order chi connectivity index (χ0) is 25.0. The summed E-state index contributed by atoms with van der Waals surface area (Å²) >= 11 is 0. The van der Waals surface area contributed by atoms with Crippen LogP contribution in [-0.2, 0) is 14.3 Å². The number of methoxy groups -OCH3 is 2. The van der Waals surface area contributed by atoms with Crippen LogP contribution in [0.3, 0.4) is 0 Å². The molecule has 0 spiro atoms. The molecule has 0 heterocycles. The number of anilines is 2. The van der Waals surface area contributed by atoms with Crippen LogP contribution in [0.1, 0.15) is 46.5 Å². The first-order chi connectivity index (χ1) is 16.2. The lowest BCUT2D eigenvalue weighted by molar-refractivity contribution is -0.154. The van der Waals surface area contributed by atoms with Crippen molar-refractivity contribution in [1.82, 2.24) is 0 Å². The van der Waals surface area contributed by atoms with Gasteiger partial charge in [-0.1, -0.05) is 24.6 Å². The highest BCUT2D eigenvalue weighted by Gasteiger charge is 2.19. The topological polar surface area (TPSA) is 86.3 Å². The van der Waals surface area contributed by atoms with Crippen molar-refractivity contribution in [3.8, 4) is 11.5 Å². The summed E-state index contributed by atoms with van der Waals surface area (Å²) in [7, 11) is 3.09. The number of nitrogens with one attached hydrogen (secondary N) is 1. The molecule has 0 saturated heterocycles. The second-order valence-corrected chi connectivity index (χ2v) is 8.73. The van der Waals surface area contributed by atoms with Gasteiger partial charge in [-0.3, -0.25) is 9.69 Å². The van der Waals surface area contributed by atoms with E-state index in [0.29, 0.717) is 36.6 Å². The number of ether oxygens (including phenoxy) is 4. The molecule has 0 radical (unpaired) electrons. The largest absolute Gasteiger partial charge is 0.497 e. The average molecular weight is 473 g/mol. The maximum Gasteiger partial charge on any atom is 0.326 e. The Bertz CT molecular complexity index is 911. The lowest BCUT2D eigenvalue weighted by Gasteiger charge is -2.24. The van der Waals surface area contributed by atoms with Crippen LogP contribution < -0.4 is 19.7 Å². The minimum absolute atomic E-state index is 0.0508. The normalized spacial score (nSPS) is 11.0. The number of benzene rings is 2. The van der Waals surface area contributed by atoms with Crippen LogP contribution in [0.15, 0.2) is 48.5 Å². The molecule has 2 rings (SSSR count). The summed E-state index contributed by atoms with van der Waals surface area (Å²) in [5.74, 6) is 0.863. The van der Waals surface area contributed by atoms with Gasteiger partial charge in [0.25, 0.3) is 0 Å². The molecule has 0 aliphatic heterocycles. The third-order valence-electron chi connectivity index (χ3n) is 4.76. The monoisotopic (exact) mass is 472 g/mol. The highest BCUT2D eigenvalue weighted by atomic mass is 16.7. The van der Waals surface area contributed by atoms with Crippen molar-refractivity contribution in [2.75, 3.05) is 37.8 Å². The van der Waals surface area contributed by atoms with Crippen molar-refractivity contribution in [3.63, 3.8) is 0 Å². The molecule has 0 aliphatic carbocycles. The SMILES string of the molecule is COCOc1ccc(OC)cc1NC(=O)N(CCCCCC(=O)OC(C)(C)C)c1ccccc1. The van der Waals surface area contributed by atoms with E-state index < -0.39 is 5.60 Å². The minimum Gasteiger partial charge on any atom is -0.497 e. The summed E-state index contributed by atoms with van der Waals surface area (Å²) in [5, 5.41) is 2.93. The average Bonchev–Trinajstić information content (AvgIpc) is 2.79. The number of para-hydroxylation sites is 1. The molecule has 0 aliphatic rings. The summed E-state index contributed by atoms with van der Waals surface area (Å²) in [5.41, 5.74) is 0.771. The van der Waals surface area contributed by atoms with Gasteiger partial charge in [-0.2, -0.15) is 0 Å². The number of amides is 2. The van der Waals surface area contributed by atoms with Crippen LogP contribution in [0, 0.1) is 0 Å². The van der Waals surface area contributed by atoms with E-state index in [4.69, 9.17) is 18.9 Å². The quantitative estimate of drug-likeness (QED) is 0.245. The van der Waals surface area contributed by atoms with E-state index >= 15 is 0 Å². The van der Waals surface area contributed by atoms with Crippen LogP contribution >= 0.6 is 0 Å². The third kappa shape index (κ3) is 9.31. The van der Waals surface area contributed by atoms with Gasteiger partial charge >= 0.3 is 12.0 Å². The van der Waals surface area contributed by atoms with E-state index in [1.807, 2.05) is 51.1 Å². The lowest BCUT2D eigenvalue weighted by atomic mass is 10.1. The molecule has 0 atom stereocenters. The molecule has 2 amide bonds. The summed E-state index contributed by atoms with van der Waals surface area (Å²) in [4.78, 5) is 26.9. The summed E-state index contributed by atoms with van der Waals surface area (Å²) in [6, 6.07) is 14.3. The number of urea groups is 1. The first kappa shape index (κ1) is 27.0. The number of nitrogens with zero attached hydrogens (tertiary/aromatic N) is 1. The van der Waals surface area contributed by atoms with Gasteiger partial charge in [0, 0.05) is 31.8 Å². The van der Waals surface area contributed by atoms with Crippen LogP contribution in [-0.4, -0.2) is 45.2 Å². The number of carbonyl (C=O) groups is 2. The van der Waals surface area contributed by atoms with Crippen molar-refractivity contribution < 1.29 is 28.5 Å². The van der Waals surface area contributed by atoms with Gasteiger partial charge in [-0.25, -0.2) is 4.79 Å². The Labute approximate surface area is 202 Å². The summed E-state index contributed by atoms with van der Waals surface area (Å²) < 4.78 is 21.2. The second kappa shape index (κ2) is 13.4. The molecule has 2 aromatic rings. The Kier molecular flexibility index (Phi) is 10.7. The summed E-state index contributed by atoms with van der Waals surface area (Å²) in [6.45, 7) is 6.11. The fourth-order valence-electron chi connectivity index (χ4n) is 3.23. The Morgan fingerprint density at radius 1 is 0.971 bits per heavy atom. The number of rotatable bonds is 12. The van der Waals surface area contributed by atoms with Gasteiger partial charge in [0.1, 0.15) is 17.1 Å². The maximum absolute atomic E-state index is 13.3. The molecule has 8 heteroatoms. The van der Waals surface area contributed by atoms with Crippen molar-refractivity contribution in [2.24, 2.45) is 0 Å². The van der Waals surface area contributed by atoms with E-state index in [-0.39, 0.29) is 18.8 Å². The van der Waals surface area contributed by atoms with Crippen molar-refractivity contribution in [3.05, 3.63) is 48.5 Å². The molecule has 0 aromatic heterocycles. The van der Waals surface area contributed by atoms with Crippen LogP contribution in [0.25, 0.3) is 0 Å². The van der Waals surface area contributed by atoms with Gasteiger partial charge < -0.3 is 24.3 Å². The zero-order valence-corrected chi connectivity index (χ0v) is 20.8. The molecule has 0 unspecified atom stereocenters. The van der Waals surface area contributed by atoms with Crippen molar-refractivity contribution >= 4 is 23.4 Å². The minimum atomic E-state index is -0.481. The van der Waals surface area contributed by atoms with Crippen LogP contribution in [0.2, 0.25) is 0 Å². The maximum atomic E-state index is 13.3. The Morgan fingerprint density at radius 3 is 2.35 bits per heavy atom. The molecule has 0 fully saturated rings. The van der Waals surface area contributed by atoms with E-state index in [2.05, 4.69) is 5.32 Å². The Balaban J connectivity index is 2.04. The molecule has 34 heavy (non-hydrogen) atoms. The molecular weight excluding hydrogens is 436 g/mol. The van der Waals surface area contributed by atoms with Gasteiger partial charge in [-0.05, 0) is 57.9 Å². The fraction of sp³-hybridized carbons (Fsp3) is 0.462. The van der Waals surface area contributed by atoms with E-state index in [1.54, 1.807) is 30.2 Å². The molecule has 8 nitrogen and oxygen atoms in total. The van der Waals surface area contributed by atoms with E-state index in [9.17, 15) is 9.59 Å². The third-order valence-corrected chi connectivity index (χ3v) is 4.76. The first-order valence-corrected chi connectivity index (χ1v) is 11.4.